The van der Waals surface area contributed by atoms with E-state index in [0.29, 0.717) is 0 Å². The number of aliphatic carboxylic acids is 1. The first-order chi connectivity index (χ1) is 16.4. The van der Waals surface area contributed by atoms with Gasteiger partial charge in [0.25, 0.3) is 0 Å². The first-order valence-corrected chi connectivity index (χ1v) is 10.9. The number of carbonyl (C=O) groups is 4. The zero-order chi connectivity index (χ0) is 24.1. The van der Waals surface area contributed by atoms with Gasteiger partial charge in [0.1, 0.15) is 13.2 Å². The molecule has 0 spiro atoms. The number of amides is 3. The van der Waals surface area contributed by atoms with Gasteiger partial charge in [0, 0.05) is 5.92 Å². The summed E-state index contributed by atoms with van der Waals surface area (Å²) in [6.07, 6.45) is -0.658. The van der Waals surface area contributed by atoms with E-state index in [4.69, 9.17) is 14.6 Å². The number of carboxylic acids is 1. The van der Waals surface area contributed by atoms with Crippen molar-refractivity contribution in [1.82, 2.24) is 16.0 Å². The number of hydrogen-bond donors (Lipinski definition) is 4. The molecule has 1 aliphatic carbocycles. The van der Waals surface area contributed by atoms with E-state index in [1.54, 1.807) is 0 Å². The number of benzene rings is 2. The summed E-state index contributed by atoms with van der Waals surface area (Å²) in [7, 11) is 0. The summed E-state index contributed by atoms with van der Waals surface area (Å²) < 4.78 is 10.9. The number of fused-ring (bicyclic) bond motifs is 3. The summed E-state index contributed by atoms with van der Waals surface area (Å²) in [6, 6.07) is 15.4. The second-order valence-electron chi connectivity index (χ2n) is 8.11. The Labute approximate surface area is 195 Å². The lowest BCUT2D eigenvalue weighted by Crippen LogP contribution is -2.48. The van der Waals surface area contributed by atoms with Crippen molar-refractivity contribution >= 4 is 23.9 Å². The molecule has 4 N–H and O–H groups in total. The maximum absolute atomic E-state index is 12.5. The van der Waals surface area contributed by atoms with Crippen LogP contribution in [-0.2, 0) is 23.9 Å². The van der Waals surface area contributed by atoms with Crippen LogP contribution in [0.4, 0.5) is 4.79 Å². The van der Waals surface area contributed by atoms with Gasteiger partial charge in [-0.25, -0.2) is 4.79 Å². The molecule has 34 heavy (non-hydrogen) atoms. The molecule has 2 aliphatic rings. The van der Waals surface area contributed by atoms with Crippen molar-refractivity contribution in [2.75, 3.05) is 32.9 Å². The average molecular weight is 467 g/mol. The molecule has 1 aliphatic heterocycles. The Kier molecular flexibility index (Phi) is 7.07. The second kappa shape index (κ2) is 10.3. The normalized spacial score (nSPS) is 18.5. The van der Waals surface area contributed by atoms with E-state index >= 15 is 0 Å². The molecule has 1 fully saturated rings. The zero-order valence-corrected chi connectivity index (χ0v) is 18.3. The minimum Gasteiger partial charge on any atom is -0.480 e. The van der Waals surface area contributed by atoms with E-state index < -0.39 is 42.4 Å². The summed E-state index contributed by atoms with van der Waals surface area (Å²) in [6.45, 7) is -0.550. The van der Waals surface area contributed by atoms with Crippen molar-refractivity contribution in [2.24, 2.45) is 5.92 Å². The van der Waals surface area contributed by atoms with Gasteiger partial charge in [-0.1, -0.05) is 48.5 Å². The van der Waals surface area contributed by atoms with Crippen molar-refractivity contribution in [2.45, 2.75) is 12.0 Å². The van der Waals surface area contributed by atoms with Crippen LogP contribution in [0.1, 0.15) is 17.0 Å². The van der Waals surface area contributed by atoms with Gasteiger partial charge in [-0.15, -0.1) is 0 Å². The highest BCUT2D eigenvalue weighted by Crippen LogP contribution is 2.44. The molecule has 10 nitrogen and oxygen atoms in total. The van der Waals surface area contributed by atoms with Crippen LogP contribution in [0.25, 0.3) is 11.1 Å². The van der Waals surface area contributed by atoms with Gasteiger partial charge in [0.2, 0.25) is 11.8 Å². The summed E-state index contributed by atoms with van der Waals surface area (Å²) in [5.41, 5.74) is 4.44. The highest BCUT2D eigenvalue weighted by molar-refractivity contribution is 5.88. The minimum atomic E-state index is -1.18. The van der Waals surface area contributed by atoms with Crippen LogP contribution >= 0.6 is 0 Å². The van der Waals surface area contributed by atoms with E-state index in [1.165, 1.54) is 0 Å². The Morgan fingerprint density at radius 1 is 0.912 bits per heavy atom. The number of hydrogen-bond acceptors (Lipinski definition) is 6. The molecular formula is C24H25N3O7. The van der Waals surface area contributed by atoms with Gasteiger partial charge in [-0.05, 0) is 22.3 Å². The molecule has 4 rings (SSSR count). The second-order valence-corrected chi connectivity index (χ2v) is 8.11. The molecule has 0 bridgehead atoms. The lowest BCUT2D eigenvalue weighted by Gasteiger charge is -2.20. The Morgan fingerprint density at radius 3 is 2.21 bits per heavy atom. The highest BCUT2D eigenvalue weighted by Gasteiger charge is 2.36. The number of alkyl carbamates (subject to hydrolysis) is 1. The van der Waals surface area contributed by atoms with Crippen molar-refractivity contribution in [3.63, 3.8) is 0 Å². The quantitative estimate of drug-likeness (QED) is 0.451. The fourth-order valence-electron chi connectivity index (χ4n) is 4.28. The molecule has 2 unspecified atom stereocenters. The minimum absolute atomic E-state index is 0.0803. The van der Waals surface area contributed by atoms with E-state index in [1.807, 2.05) is 36.4 Å². The number of rotatable bonds is 8. The molecule has 2 atom stereocenters. The predicted molar refractivity (Wildman–Crippen MR) is 120 cm³/mol. The molecule has 3 amide bonds. The molecule has 1 saturated heterocycles. The fourth-order valence-corrected chi connectivity index (χ4v) is 4.28. The average Bonchev–Trinajstić information content (AvgIpc) is 3.42. The lowest BCUT2D eigenvalue weighted by molar-refractivity contribution is -0.137. The lowest BCUT2D eigenvalue weighted by atomic mass is 9.98. The van der Waals surface area contributed by atoms with Crippen LogP contribution in [0, 0.1) is 5.92 Å². The first kappa shape index (κ1) is 23.2. The summed E-state index contributed by atoms with van der Waals surface area (Å²) in [4.78, 5) is 47.1. The highest BCUT2D eigenvalue weighted by atomic mass is 16.5. The topological polar surface area (TPSA) is 143 Å². The molecule has 178 valence electrons. The molecule has 0 aromatic heterocycles. The Bertz CT molecular complexity index is 1060. The molecular weight excluding hydrogens is 442 g/mol. The number of nitrogens with one attached hydrogen (secondary N) is 3. The van der Waals surface area contributed by atoms with E-state index in [9.17, 15) is 19.2 Å². The van der Waals surface area contributed by atoms with Gasteiger partial charge in [0.15, 0.2) is 0 Å². The van der Waals surface area contributed by atoms with Crippen LogP contribution in [0.3, 0.4) is 0 Å². The first-order valence-electron chi connectivity index (χ1n) is 10.9. The summed E-state index contributed by atoms with van der Waals surface area (Å²) in [5, 5.41) is 15.8. The van der Waals surface area contributed by atoms with Gasteiger partial charge in [-0.3, -0.25) is 14.4 Å². The third-order valence-electron chi connectivity index (χ3n) is 5.92. The maximum Gasteiger partial charge on any atom is 0.407 e. The number of carbonyl (C=O) groups excluding carboxylic acids is 3. The monoisotopic (exact) mass is 467 g/mol. The zero-order valence-electron chi connectivity index (χ0n) is 18.3. The largest absolute Gasteiger partial charge is 0.480 e. The van der Waals surface area contributed by atoms with Gasteiger partial charge < -0.3 is 30.5 Å². The Hall–Kier alpha value is -3.92. The molecule has 10 heteroatoms. The van der Waals surface area contributed by atoms with Crippen LogP contribution in [0.5, 0.6) is 0 Å². The molecule has 1 heterocycles. The van der Waals surface area contributed by atoms with Crippen LogP contribution < -0.4 is 16.0 Å². The Balaban J connectivity index is 1.30. The standard InChI is InChI=1S/C24H25N3O7/c28-21(25-10-22(29)30)9-26-23(31)19-11-33-13-20(19)27-24(32)34-12-18-16-7-3-1-5-14(16)15-6-2-4-8-17(15)18/h1-8,18-20H,9-13H2,(H,25,28)(H,26,31)(H,27,32)(H,29,30). The molecule has 0 radical (unpaired) electrons. The third-order valence-corrected chi connectivity index (χ3v) is 5.92. The van der Waals surface area contributed by atoms with Gasteiger partial charge in [-0.2, -0.15) is 0 Å². The SMILES string of the molecule is O=C(O)CNC(=O)CNC(=O)C1COCC1NC(=O)OCC1c2ccccc2-c2ccccc21. The van der Waals surface area contributed by atoms with E-state index in [2.05, 4.69) is 28.1 Å². The van der Waals surface area contributed by atoms with Crippen LogP contribution in [0.15, 0.2) is 48.5 Å². The van der Waals surface area contributed by atoms with Crippen molar-refractivity contribution < 1.29 is 33.8 Å². The van der Waals surface area contributed by atoms with Gasteiger partial charge in [0.05, 0.1) is 31.7 Å². The van der Waals surface area contributed by atoms with Crippen molar-refractivity contribution in [3.05, 3.63) is 59.7 Å². The fraction of sp³-hybridized carbons (Fsp3) is 0.333. The van der Waals surface area contributed by atoms with Crippen LogP contribution in [-0.4, -0.2) is 67.9 Å². The smallest absolute Gasteiger partial charge is 0.407 e. The maximum atomic E-state index is 12.5. The number of ether oxygens (including phenoxy) is 2. The summed E-state index contributed by atoms with van der Waals surface area (Å²) in [5.74, 6) is -3.08. The van der Waals surface area contributed by atoms with E-state index in [-0.39, 0.29) is 32.3 Å². The van der Waals surface area contributed by atoms with Crippen LogP contribution in [0.2, 0.25) is 0 Å². The molecule has 2 aromatic rings. The van der Waals surface area contributed by atoms with Crippen molar-refractivity contribution in [1.29, 1.82) is 0 Å². The summed E-state index contributed by atoms with van der Waals surface area (Å²) >= 11 is 0. The van der Waals surface area contributed by atoms with Crippen molar-refractivity contribution in [3.8, 4) is 11.1 Å². The number of carboxylic acid groups (broad SMARTS) is 1. The Morgan fingerprint density at radius 2 is 1.56 bits per heavy atom. The molecule has 0 saturated carbocycles. The molecule has 2 aromatic carbocycles. The predicted octanol–water partition coefficient (Wildman–Crippen LogP) is 0.857. The van der Waals surface area contributed by atoms with E-state index in [0.717, 1.165) is 22.3 Å². The third kappa shape index (κ3) is 5.18. The van der Waals surface area contributed by atoms with Gasteiger partial charge >= 0.3 is 12.1 Å².